The van der Waals surface area contributed by atoms with E-state index in [0.717, 1.165) is 6.42 Å². The number of aliphatic hydroxyl groups excluding tert-OH is 1. The highest BCUT2D eigenvalue weighted by molar-refractivity contribution is 6.32. The number of hydrogen-bond acceptors (Lipinski definition) is 5. The van der Waals surface area contributed by atoms with Gasteiger partial charge in [0.25, 0.3) is 0 Å². The topological polar surface area (TPSA) is 90.4 Å². The third-order valence-electron chi connectivity index (χ3n) is 2.83. The van der Waals surface area contributed by atoms with Crippen molar-refractivity contribution < 1.29 is 9.84 Å². The van der Waals surface area contributed by atoms with Crippen LogP contribution in [0.3, 0.4) is 0 Å². The maximum absolute atomic E-state index is 11.6. The van der Waals surface area contributed by atoms with Crippen molar-refractivity contribution in [2.45, 2.75) is 38.2 Å². The second-order valence-electron chi connectivity index (χ2n) is 4.02. The minimum atomic E-state index is -0.738. The number of ether oxygens (including phenoxy) is 1. The SMILES string of the molecule is CC[C@@H]1C[C@@H](O)[C@H](n2cc(Cl)c(N)nc2=O)O1. The third kappa shape index (κ3) is 2.29. The van der Waals surface area contributed by atoms with Crippen molar-refractivity contribution >= 4 is 17.4 Å². The lowest BCUT2D eigenvalue weighted by Gasteiger charge is -2.17. The molecule has 1 aliphatic heterocycles. The van der Waals surface area contributed by atoms with Gasteiger partial charge in [-0.25, -0.2) is 4.79 Å². The van der Waals surface area contributed by atoms with Crippen molar-refractivity contribution in [3.63, 3.8) is 0 Å². The molecule has 6 nitrogen and oxygen atoms in total. The molecule has 2 rings (SSSR count). The molecule has 3 atom stereocenters. The van der Waals surface area contributed by atoms with E-state index in [2.05, 4.69) is 4.98 Å². The Labute approximate surface area is 103 Å². The monoisotopic (exact) mass is 259 g/mol. The van der Waals surface area contributed by atoms with Crippen molar-refractivity contribution in [3.05, 3.63) is 21.7 Å². The van der Waals surface area contributed by atoms with Gasteiger partial charge in [-0.1, -0.05) is 18.5 Å². The van der Waals surface area contributed by atoms with E-state index in [0.29, 0.717) is 6.42 Å². The van der Waals surface area contributed by atoms with E-state index < -0.39 is 18.0 Å². The quantitative estimate of drug-likeness (QED) is 0.809. The van der Waals surface area contributed by atoms with E-state index in [9.17, 15) is 9.90 Å². The van der Waals surface area contributed by atoms with Crippen LogP contribution in [0.2, 0.25) is 5.02 Å². The first kappa shape index (κ1) is 12.3. The van der Waals surface area contributed by atoms with Gasteiger partial charge in [0.15, 0.2) is 6.23 Å². The summed E-state index contributed by atoms with van der Waals surface area (Å²) in [7, 11) is 0. The normalized spacial score (nSPS) is 28.5. The van der Waals surface area contributed by atoms with Gasteiger partial charge in [-0.15, -0.1) is 0 Å². The van der Waals surface area contributed by atoms with Crippen LogP contribution in [0.15, 0.2) is 11.0 Å². The van der Waals surface area contributed by atoms with Crippen LogP contribution in [0.5, 0.6) is 0 Å². The summed E-state index contributed by atoms with van der Waals surface area (Å²) < 4.78 is 6.74. The van der Waals surface area contributed by atoms with E-state index in [-0.39, 0.29) is 16.9 Å². The van der Waals surface area contributed by atoms with Crippen molar-refractivity contribution in [1.29, 1.82) is 0 Å². The fourth-order valence-corrected chi connectivity index (χ4v) is 2.03. The van der Waals surface area contributed by atoms with Crippen molar-refractivity contribution in [3.8, 4) is 0 Å². The number of aromatic nitrogens is 2. The van der Waals surface area contributed by atoms with Gasteiger partial charge in [0.1, 0.15) is 11.9 Å². The molecule has 0 saturated carbocycles. The minimum Gasteiger partial charge on any atom is -0.388 e. The predicted octanol–water partition coefficient (Wildman–Crippen LogP) is 0.537. The fraction of sp³-hybridized carbons (Fsp3) is 0.600. The molecule has 0 aromatic carbocycles. The first-order valence-electron chi connectivity index (χ1n) is 5.40. The van der Waals surface area contributed by atoms with Gasteiger partial charge >= 0.3 is 5.69 Å². The Morgan fingerprint density at radius 1 is 1.76 bits per heavy atom. The smallest absolute Gasteiger partial charge is 0.351 e. The van der Waals surface area contributed by atoms with Crippen molar-refractivity contribution in [2.24, 2.45) is 0 Å². The van der Waals surface area contributed by atoms with Gasteiger partial charge in [-0.2, -0.15) is 4.98 Å². The number of hydrogen-bond donors (Lipinski definition) is 2. The Balaban J connectivity index is 2.35. The minimum absolute atomic E-state index is 0.0209. The first-order chi connectivity index (χ1) is 8.02. The highest BCUT2D eigenvalue weighted by Crippen LogP contribution is 2.30. The van der Waals surface area contributed by atoms with Gasteiger partial charge in [0.05, 0.1) is 11.1 Å². The molecule has 2 heterocycles. The molecule has 1 fully saturated rings. The number of nitrogens with zero attached hydrogens (tertiary/aromatic N) is 2. The van der Waals surface area contributed by atoms with Crippen LogP contribution in [-0.4, -0.2) is 26.9 Å². The summed E-state index contributed by atoms with van der Waals surface area (Å²) in [6.45, 7) is 1.96. The number of anilines is 1. The number of halogens is 1. The molecular weight excluding hydrogens is 246 g/mol. The van der Waals surface area contributed by atoms with E-state index in [1.165, 1.54) is 10.8 Å². The number of nitrogen functional groups attached to an aromatic ring is 1. The standard InChI is InChI=1S/C10H14ClN3O3/c1-2-5-3-7(15)9(17-5)14-4-6(11)8(12)13-10(14)16/h4-5,7,9,15H,2-3H2,1H3,(H2,12,13,16)/t5-,7-,9-/m1/s1. The molecule has 0 bridgehead atoms. The Hall–Kier alpha value is -1.11. The Bertz CT molecular complexity index is 476. The lowest BCUT2D eigenvalue weighted by atomic mass is 10.1. The molecule has 0 spiro atoms. The number of rotatable bonds is 2. The lowest BCUT2D eigenvalue weighted by molar-refractivity contribution is -0.0403. The molecule has 1 saturated heterocycles. The first-order valence-corrected chi connectivity index (χ1v) is 5.78. The molecular formula is C10H14ClN3O3. The summed E-state index contributed by atoms with van der Waals surface area (Å²) in [5.41, 5.74) is 4.84. The fourth-order valence-electron chi connectivity index (χ4n) is 1.88. The second-order valence-corrected chi connectivity index (χ2v) is 4.43. The molecule has 3 N–H and O–H groups in total. The average molecular weight is 260 g/mol. The molecule has 7 heteroatoms. The average Bonchev–Trinajstić information content (AvgIpc) is 2.65. The summed E-state index contributed by atoms with van der Waals surface area (Å²) in [6.07, 6.45) is 1.09. The van der Waals surface area contributed by atoms with Crippen LogP contribution in [0.4, 0.5) is 5.82 Å². The Kier molecular flexibility index (Phi) is 3.37. The van der Waals surface area contributed by atoms with E-state index in [1.807, 2.05) is 6.92 Å². The highest BCUT2D eigenvalue weighted by atomic mass is 35.5. The van der Waals surface area contributed by atoms with Gasteiger partial charge in [-0.05, 0) is 6.42 Å². The van der Waals surface area contributed by atoms with Crippen molar-refractivity contribution in [2.75, 3.05) is 5.73 Å². The predicted molar refractivity (Wildman–Crippen MR) is 62.7 cm³/mol. The van der Waals surface area contributed by atoms with E-state index in [4.69, 9.17) is 22.1 Å². The summed E-state index contributed by atoms with van der Waals surface area (Å²) in [5.74, 6) is -0.0209. The molecule has 94 valence electrons. The van der Waals surface area contributed by atoms with Gasteiger partial charge < -0.3 is 15.6 Å². The Morgan fingerprint density at radius 2 is 2.47 bits per heavy atom. The summed E-state index contributed by atoms with van der Waals surface area (Å²) in [5, 5.41) is 10.0. The van der Waals surface area contributed by atoms with Crippen LogP contribution < -0.4 is 11.4 Å². The zero-order valence-electron chi connectivity index (χ0n) is 9.34. The van der Waals surface area contributed by atoms with Crippen LogP contribution in [0, 0.1) is 0 Å². The summed E-state index contributed by atoms with van der Waals surface area (Å²) in [4.78, 5) is 15.2. The molecule has 0 amide bonds. The zero-order valence-corrected chi connectivity index (χ0v) is 10.1. The maximum Gasteiger partial charge on any atom is 0.351 e. The molecule has 17 heavy (non-hydrogen) atoms. The molecule has 0 aliphatic carbocycles. The van der Waals surface area contributed by atoms with Crippen LogP contribution in [0.1, 0.15) is 26.0 Å². The largest absolute Gasteiger partial charge is 0.388 e. The van der Waals surface area contributed by atoms with Crippen LogP contribution in [0.25, 0.3) is 0 Å². The number of nitrogens with two attached hydrogens (primary N) is 1. The third-order valence-corrected chi connectivity index (χ3v) is 3.12. The Morgan fingerprint density at radius 3 is 3.06 bits per heavy atom. The zero-order chi connectivity index (χ0) is 12.6. The number of aliphatic hydroxyl groups is 1. The summed E-state index contributed by atoms with van der Waals surface area (Å²) >= 11 is 5.80. The summed E-state index contributed by atoms with van der Waals surface area (Å²) in [6, 6.07) is 0. The van der Waals surface area contributed by atoms with Crippen molar-refractivity contribution in [1.82, 2.24) is 9.55 Å². The molecule has 1 aromatic rings. The van der Waals surface area contributed by atoms with Crippen LogP contribution >= 0.6 is 11.6 Å². The van der Waals surface area contributed by atoms with Crippen LogP contribution in [-0.2, 0) is 4.74 Å². The maximum atomic E-state index is 11.6. The van der Waals surface area contributed by atoms with Gasteiger partial charge in [0, 0.05) is 12.6 Å². The molecule has 0 unspecified atom stereocenters. The molecule has 0 radical (unpaired) electrons. The van der Waals surface area contributed by atoms with Gasteiger partial charge in [-0.3, -0.25) is 4.57 Å². The molecule has 1 aromatic heterocycles. The second kappa shape index (κ2) is 4.64. The lowest BCUT2D eigenvalue weighted by Crippen LogP contribution is -2.32. The van der Waals surface area contributed by atoms with E-state index >= 15 is 0 Å². The van der Waals surface area contributed by atoms with Gasteiger partial charge in [0.2, 0.25) is 0 Å². The van der Waals surface area contributed by atoms with E-state index in [1.54, 1.807) is 0 Å². The highest BCUT2D eigenvalue weighted by Gasteiger charge is 2.35. The molecule has 1 aliphatic rings.